The smallest absolute Gasteiger partial charge is 0.257 e. The van der Waals surface area contributed by atoms with Crippen molar-refractivity contribution in [1.82, 2.24) is 4.98 Å². The molecule has 104 valence electrons. The molecule has 0 aliphatic carbocycles. The fourth-order valence-electron chi connectivity index (χ4n) is 2.03. The van der Waals surface area contributed by atoms with E-state index >= 15 is 0 Å². The molecule has 0 unspecified atom stereocenters. The summed E-state index contributed by atoms with van der Waals surface area (Å²) < 4.78 is 0. The highest BCUT2D eigenvalue weighted by Crippen LogP contribution is 2.33. The Labute approximate surface area is 120 Å². The minimum Gasteiger partial charge on any atom is -0.365 e. The van der Waals surface area contributed by atoms with Gasteiger partial charge in [0.05, 0.1) is 11.1 Å². The van der Waals surface area contributed by atoms with Gasteiger partial charge in [-0.15, -0.1) is 11.3 Å². The zero-order chi connectivity index (χ0) is 14.7. The summed E-state index contributed by atoms with van der Waals surface area (Å²) in [4.78, 5) is 28.6. The predicted molar refractivity (Wildman–Crippen MR) is 79.1 cm³/mol. The summed E-state index contributed by atoms with van der Waals surface area (Å²) in [6, 6.07) is 3.34. The lowest BCUT2D eigenvalue weighted by atomic mass is 10.1. The van der Waals surface area contributed by atoms with E-state index in [1.165, 1.54) is 17.5 Å². The van der Waals surface area contributed by atoms with Crippen LogP contribution in [0.25, 0.3) is 0 Å². The first-order valence-corrected chi connectivity index (χ1v) is 6.99. The van der Waals surface area contributed by atoms with Crippen LogP contribution in [0.2, 0.25) is 0 Å². The van der Waals surface area contributed by atoms with Crippen LogP contribution in [-0.2, 0) is 6.42 Å². The second-order valence-corrected chi connectivity index (χ2v) is 5.48. The summed E-state index contributed by atoms with van der Waals surface area (Å²) in [5, 5.41) is 3.24. The molecule has 2 aromatic rings. The van der Waals surface area contributed by atoms with E-state index in [1.54, 1.807) is 18.3 Å². The minimum absolute atomic E-state index is 0.301. The van der Waals surface area contributed by atoms with Gasteiger partial charge in [-0.2, -0.15) is 0 Å². The number of primary amides is 1. The van der Waals surface area contributed by atoms with Crippen LogP contribution < -0.4 is 11.1 Å². The van der Waals surface area contributed by atoms with Gasteiger partial charge in [0.1, 0.15) is 5.00 Å². The van der Waals surface area contributed by atoms with Crippen molar-refractivity contribution in [3.8, 4) is 0 Å². The van der Waals surface area contributed by atoms with Crippen molar-refractivity contribution in [2.24, 2.45) is 5.73 Å². The lowest BCUT2D eigenvalue weighted by Gasteiger charge is -2.05. The number of hydrogen-bond acceptors (Lipinski definition) is 4. The molecule has 0 aliphatic rings. The number of amides is 2. The van der Waals surface area contributed by atoms with E-state index in [0.717, 1.165) is 10.4 Å². The molecule has 2 rings (SSSR count). The topological polar surface area (TPSA) is 85.1 Å². The Balaban J connectivity index is 2.35. The molecule has 0 saturated heterocycles. The predicted octanol–water partition coefficient (Wildman–Crippen LogP) is 2.37. The van der Waals surface area contributed by atoms with Crippen molar-refractivity contribution in [2.45, 2.75) is 20.3 Å². The highest BCUT2D eigenvalue weighted by Gasteiger charge is 2.20. The quantitative estimate of drug-likeness (QED) is 0.906. The van der Waals surface area contributed by atoms with Crippen LogP contribution in [0.4, 0.5) is 5.00 Å². The number of pyridine rings is 1. The first-order chi connectivity index (χ1) is 9.54. The van der Waals surface area contributed by atoms with Crippen molar-refractivity contribution >= 4 is 28.2 Å². The fourth-order valence-corrected chi connectivity index (χ4v) is 3.17. The van der Waals surface area contributed by atoms with Gasteiger partial charge in [0.15, 0.2) is 0 Å². The number of hydrogen-bond donors (Lipinski definition) is 2. The number of rotatable bonds is 4. The third-order valence-corrected chi connectivity index (χ3v) is 4.02. The van der Waals surface area contributed by atoms with Gasteiger partial charge < -0.3 is 11.1 Å². The maximum Gasteiger partial charge on any atom is 0.257 e. The van der Waals surface area contributed by atoms with Crippen LogP contribution in [0, 0.1) is 6.92 Å². The molecule has 2 amide bonds. The Kier molecular flexibility index (Phi) is 4.14. The number of nitrogens with one attached hydrogen (secondary N) is 1. The van der Waals surface area contributed by atoms with Crippen LogP contribution in [0.3, 0.4) is 0 Å². The van der Waals surface area contributed by atoms with Crippen LogP contribution in [-0.4, -0.2) is 16.8 Å². The molecule has 2 aromatic heterocycles. The highest BCUT2D eigenvalue weighted by atomic mass is 32.1. The van der Waals surface area contributed by atoms with Gasteiger partial charge in [0.2, 0.25) is 0 Å². The first kappa shape index (κ1) is 14.2. The van der Waals surface area contributed by atoms with Gasteiger partial charge in [-0.1, -0.05) is 6.92 Å². The Morgan fingerprint density at radius 1 is 1.45 bits per heavy atom. The maximum atomic E-state index is 12.1. The summed E-state index contributed by atoms with van der Waals surface area (Å²) in [7, 11) is 0. The number of nitrogens with zero attached hydrogens (tertiary/aromatic N) is 1. The van der Waals surface area contributed by atoms with Crippen LogP contribution in [0.1, 0.15) is 38.1 Å². The van der Waals surface area contributed by atoms with Gasteiger partial charge in [0, 0.05) is 17.3 Å². The minimum atomic E-state index is -0.521. The second-order valence-electron chi connectivity index (χ2n) is 4.25. The number of aromatic nitrogens is 1. The molecule has 5 nitrogen and oxygen atoms in total. The molecular weight excluding hydrogens is 274 g/mol. The van der Waals surface area contributed by atoms with Crippen molar-refractivity contribution in [3.05, 3.63) is 46.1 Å². The molecule has 6 heteroatoms. The molecule has 3 N–H and O–H groups in total. The summed E-state index contributed by atoms with van der Waals surface area (Å²) in [5.41, 5.74) is 7.16. The molecule has 0 atom stereocenters. The summed E-state index contributed by atoms with van der Waals surface area (Å²) in [6.07, 6.45) is 3.76. The highest BCUT2D eigenvalue weighted by molar-refractivity contribution is 7.16. The zero-order valence-electron chi connectivity index (χ0n) is 11.3. The molecule has 0 aliphatic heterocycles. The monoisotopic (exact) mass is 289 g/mol. The molecule has 0 aromatic carbocycles. The summed E-state index contributed by atoms with van der Waals surface area (Å²) in [5.74, 6) is -0.822. The molecule has 0 bridgehead atoms. The van der Waals surface area contributed by atoms with E-state index < -0.39 is 5.91 Å². The van der Waals surface area contributed by atoms with Gasteiger partial charge in [-0.05, 0) is 31.0 Å². The third-order valence-electron chi connectivity index (χ3n) is 2.96. The number of carbonyl (C=O) groups excluding carboxylic acids is 2. The normalized spacial score (nSPS) is 10.3. The van der Waals surface area contributed by atoms with Gasteiger partial charge in [-0.25, -0.2) is 0 Å². The zero-order valence-corrected chi connectivity index (χ0v) is 12.1. The number of thiophene rings is 1. The van der Waals surface area contributed by atoms with Gasteiger partial charge >= 0.3 is 0 Å². The van der Waals surface area contributed by atoms with E-state index in [2.05, 4.69) is 10.3 Å². The van der Waals surface area contributed by atoms with E-state index in [4.69, 9.17) is 5.73 Å². The Bertz CT molecular complexity index is 650. The number of anilines is 1. The first-order valence-electron chi connectivity index (χ1n) is 6.18. The average Bonchev–Trinajstić information content (AvgIpc) is 2.75. The van der Waals surface area contributed by atoms with E-state index in [1.807, 2.05) is 13.8 Å². The number of nitrogens with two attached hydrogens (primary N) is 1. The van der Waals surface area contributed by atoms with Crippen molar-refractivity contribution in [3.63, 3.8) is 0 Å². The van der Waals surface area contributed by atoms with Gasteiger partial charge in [-0.3, -0.25) is 14.6 Å². The lowest BCUT2D eigenvalue weighted by molar-refractivity contribution is 0.100. The molecule has 0 spiro atoms. The molecule has 20 heavy (non-hydrogen) atoms. The molecule has 0 fully saturated rings. The largest absolute Gasteiger partial charge is 0.365 e. The van der Waals surface area contributed by atoms with Crippen molar-refractivity contribution in [2.75, 3.05) is 5.32 Å². The molecular formula is C14H15N3O2S. The Morgan fingerprint density at radius 2 is 2.20 bits per heavy atom. The van der Waals surface area contributed by atoms with Crippen LogP contribution >= 0.6 is 11.3 Å². The number of aryl methyl sites for hydroxylation is 1. The van der Waals surface area contributed by atoms with E-state index in [-0.39, 0.29) is 5.91 Å². The SMILES string of the molecule is CCc1c(C)sc(NC(=O)c2cccnc2)c1C(N)=O. The standard InChI is InChI=1S/C14H15N3O2S/c1-3-10-8(2)20-14(11(10)12(15)18)17-13(19)9-5-4-6-16-7-9/h4-7H,3H2,1-2H3,(H2,15,18)(H,17,19). The average molecular weight is 289 g/mol. The summed E-state index contributed by atoms with van der Waals surface area (Å²) in [6.45, 7) is 3.86. The van der Waals surface area contributed by atoms with Crippen molar-refractivity contribution < 1.29 is 9.59 Å². The number of carbonyl (C=O) groups is 2. The van der Waals surface area contributed by atoms with Crippen LogP contribution in [0.5, 0.6) is 0 Å². The van der Waals surface area contributed by atoms with Gasteiger partial charge in [0.25, 0.3) is 11.8 Å². The summed E-state index contributed by atoms with van der Waals surface area (Å²) >= 11 is 1.36. The second kappa shape index (κ2) is 5.83. The molecule has 0 saturated carbocycles. The maximum absolute atomic E-state index is 12.1. The Hall–Kier alpha value is -2.21. The Morgan fingerprint density at radius 3 is 2.75 bits per heavy atom. The lowest BCUT2D eigenvalue weighted by Crippen LogP contribution is -2.18. The molecule has 2 heterocycles. The van der Waals surface area contributed by atoms with Crippen LogP contribution in [0.15, 0.2) is 24.5 Å². The van der Waals surface area contributed by atoms with Crippen molar-refractivity contribution in [1.29, 1.82) is 0 Å². The van der Waals surface area contributed by atoms with E-state index in [9.17, 15) is 9.59 Å². The fraction of sp³-hybridized carbons (Fsp3) is 0.214. The van der Waals surface area contributed by atoms with E-state index in [0.29, 0.717) is 22.5 Å². The third kappa shape index (κ3) is 2.70. The molecule has 0 radical (unpaired) electrons.